The first-order chi connectivity index (χ1) is 11.6. The molecule has 0 radical (unpaired) electrons. The molecule has 0 unspecified atom stereocenters. The van der Waals surface area contributed by atoms with Crippen LogP contribution in [-0.2, 0) is 6.54 Å². The fourth-order valence-electron chi connectivity index (χ4n) is 2.06. The predicted molar refractivity (Wildman–Crippen MR) is 83.3 cm³/mol. The number of nitrogens with zero attached hydrogens (tertiary/aromatic N) is 4. The molecule has 1 aromatic carbocycles. The van der Waals surface area contributed by atoms with Crippen molar-refractivity contribution in [2.24, 2.45) is 0 Å². The molecule has 2 aromatic heterocycles. The molecule has 10 heteroatoms. The van der Waals surface area contributed by atoms with E-state index in [1.54, 1.807) is 6.92 Å². The summed E-state index contributed by atoms with van der Waals surface area (Å²) in [6.45, 7) is 1.67. The van der Waals surface area contributed by atoms with Crippen molar-refractivity contribution in [3.05, 3.63) is 35.4 Å². The molecule has 126 valence electrons. The van der Waals surface area contributed by atoms with Gasteiger partial charge in [-0.25, -0.2) is 8.78 Å². The van der Waals surface area contributed by atoms with Gasteiger partial charge >= 0.3 is 0 Å². The van der Waals surface area contributed by atoms with Crippen molar-refractivity contribution < 1.29 is 13.9 Å². The summed E-state index contributed by atoms with van der Waals surface area (Å²) in [6.07, 6.45) is 0. The third-order valence-electron chi connectivity index (χ3n) is 3.31. The minimum Gasteiger partial charge on any atom is -0.394 e. The highest BCUT2D eigenvalue weighted by molar-refractivity contribution is 5.83. The molecule has 4 N–H and O–H groups in total. The van der Waals surface area contributed by atoms with Crippen molar-refractivity contribution in [3.8, 4) is 0 Å². The number of halogens is 2. The van der Waals surface area contributed by atoms with E-state index in [0.29, 0.717) is 17.0 Å². The molecule has 2 heterocycles. The Hall–Kier alpha value is -2.88. The number of benzene rings is 1. The zero-order chi connectivity index (χ0) is 17.1. The number of fused-ring (bicyclic) bond motifs is 1. The van der Waals surface area contributed by atoms with Crippen LogP contribution in [0.1, 0.15) is 12.5 Å². The number of rotatable bonds is 6. The van der Waals surface area contributed by atoms with Crippen LogP contribution in [0, 0.1) is 11.6 Å². The Labute approximate surface area is 135 Å². The molecule has 3 rings (SSSR count). The van der Waals surface area contributed by atoms with E-state index >= 15 is 0 Å². The molecule has 0 spiro atoms. The van der Waals surface area contributed by atoms with E-state index < -0.39 is 11.6 Å². The predicted octanol–water partition coefficient (Wildman–Crippen LogP) is 1.43. The average molecular weight is 335 g/mol. The maximum atomic E-state index is 13.7. The molecule has 0 aliphatic heterocycles. The molecule has 0 amide bonds. The van der Waals surface area contributed by atoms with Gasteiger partial charge in [0.05, 0.1) is 6.61 Å². The molecule has 0 saturated carbocycles. The van der Waals surface area contributed by atoms with Crippen LogP contribution < -0.4 is 10.6 Å². The lowest BCUT2D eigenvalue weighted by atomic mass is 10.2. The van der Waals surface area contributed by atoms with Crippen molar-refractivity contribution >= 4 is 22.9 Å². The van der Waals surface area contributed by atoms with Gasteiger partial charge < -0.3 is 15.7 Å². The third-order valence-corrected chi connectivity index (χ3v) is 3.31. The SMILES string of the molecule is C[C@H](CO)Nc1nc(NCc2cccc(F)c2F)nc2n[nH]nc12. The Kier molecular flexibility index (Phi) is 4.47. The lowest BCUT2D eigenvalue weighted by Crippen LogP contribution is -2.21. The number of aromatic nitrogens is 5. The molecule has 0 saturated heterocycles. The summed E-state index contributed by atoms with van der Waals surface area (Å²) in [4.78, 5) is 8.40. The van der Waals surface area contributed by atoms with Crippen LogP contribution in [-0.4, -0.2) is 43.1 Å². The summed E-state index contributed by atoms with van der Waals surface area (Å²) < 4.78 is 26.9. The minimum atomic E-state index is -0.917. The summed E-state index contributed by atoms with van der Waals surface area (Å²) in [5, 5.41) is 25.3. The van der Waals surface area contributed by atoms with Crippen molar-refractivity contribution in [1.29, 1.82) is 0 Å². The first-order valence-electron chi connectivity index (χ1n) is 7.21. The lowest BCUT2D eigenvalue weighted by Gasteiger charge is -2.13. The van der Waals surface area contributed by atoms with Crippen molar-refractivity contribution in [3.63, 3.8) is 0 Å². The maximum absolute atomic E-state index is 13.7. The second-order valence-corrected chi connectivity index (χ2v) is 5.19. The number of anilines is 2. The number of aromatic amines is 1. The van der Waals surface area contributed by atoms with E-state index in [2.05, 4.69) is 36.0 Å². The summed E-state index contributed by atoms with van der Waals surface area (Å²) in [5.74, 6) is -1.29. The maximum Gasteiger partial charge on any atom is 0.227 e. The van der Waals surface area contributed by atoms with Gasteiger partial charge in [0.1, 0.15) is 0 Å². The van der Waals surface area contributed by atoms with E-state index in [9.17, 15) is 8.78 Å². The number of aliphatic hydroxyl groups excluding tert-OH is 1. The second kappa shape index (κ2) is 6.71. The molecule has 3 aromatic rings. The number of aliphatic hydroxyl groups is 1. The molecule has 8 nitrogen and oxygen atoms in total. The monoisotopic (exact) mass is 335 g/mol. The Morgan fingerprint density at radius 2 is 2.08 bits per heavy atom. The highest BCUT2D eigenvalue weighted by atomic mass is 19.2. The molecular weight excluding hydrogens is 320 g/mol. The fraction of sp³-hybridized carbons (Fsp3) is 0.286. The highest BCUT2D eigenvalue weighted by Crippen LogP contribution is 2.19. The van der Waals surface area contributed by atoms with Gasteiger partial charge in [0.2, 0.25) is 11.6 Å². The van der Waals surface area contributed by atoms with Crippen LogP contribution in [0.3, 0.4) is 0 Å². The van der Waals surface area contributed by atoms with Crippen LogP contribution in [0.2, 0.25) is 0 Å². The van der Waals surface area contributed by atoms with Crippen molar-refractivity contribution in [1.82, 2.24) is 25.4 Å². The second-order valence-electron chi connectivity index (χ2n) is 5.19. The lowest BCUT2D eigenvalue weighted by molar-refractivity contribution is 0.281. The molecule has 0 fully saturated rings. The van der Waals surface area contributed by atoms with E-state index in [0.717, 1.165) is 6.07 Å². The number of hydrogen-bond acceptors (Lipinski definition) is 7. The van der Waals surface area contributed by atoms with E-state index in [-0.39, 0.29) is 30.7 Å². The first kappa shape index (κ1) is 16.0. The Bertz CT molecular complexity index is 854. The topological polar surface area (TPSA) is 112 Å². The molecular formula is C14H15F2N7O. The Balaban J connectivity index is 1.85. The van der Waals surface area contributed by atoms with Gasteiger partial charge in [0.15, 0.2) is 23.0 Å². The normalized spacial score (nSPS) is 12.3. The van der Waals surface area contributed by atoms with Crippen LogP contribution >= 0.6 is 0 Å². The zero-order valence-corrected chi connectivity index (χ0v) is 12.7. The average Bonchev–Trinajstić information content (AvgIpc) is 3.05. The van der Waals surface area contributed by atoms with E-state index in [1.807, 2.05) is 0 Å². The fourth-order valence-corrected chi connectivity index (χ4v) is 2.06. The summed E-state index contributed by atoms with van der Waals surface area (Å²) in [7, 11) is 0. The van der Waals surface area contributed by atoms with E-state index in [4.69, 9.17) is 5.11 Å². The standard InChI is InChI=1S/C14H15F2N7O/c1-7(6-24)18-12-11-13(22-23-21-11)20-14(19-12)17-5-8-3-2-4-9(15)10(8)16/h2-4,7,24H,5-6H2,1H3,(H3,17,18,19,20,21,22,23)/t7-/m1/s1. The van der Waals surface area contributed by atoms with E-state index in [1.165, 1.54) is 12.1 Å². The van der Waals surface area contributed by atoms with Gasteiger partial charge in [-0.3, -0.25) is 0 Å². The van der Waals surface area contributed by atoms with Crippen molar-refractivity contribution in [2.45, 2.75) is 19.5 Å². The van der Waals surface area contributed by atoms with Crippen LogP contribution in [0.25, 0.3) is 11.2 Å². The third kappa shape index (κ3) is 3.23. The minimum absolute atomic E-state index is 0.00193. The largest absolute Gasteiger partial charge is 0.394 e. The summed E-state index contributed by atoms with van der Waals surface area (Å²) >= 11 is 0. The quantitative estimate of drug-likeness (QED) is 0.539. The molecule has 0 bridgehead atoms. The van der Waals surface area contributed by atoms with Crippen molar-refractivity contribution in [2.75, 3.05) is 17.2 Å². The number of nitrogens with one attached hydrogen (secondary N) is 3. The van der Waals surface area contributed by atoms with Crippen LogP contribution in [0.5, 0.6) is 0 Å². The van der Waals surface area contributed by atoms with Crippen LogP contribution in [0.15, 0.2) is 18.2 Å². The summed E-state index contributed by atoms with van der Waals surface area (Å²) in [5.41, 5.74) is 0.870. The molecule has 1 atom stereocenters. The van der Waals surface area contributed by atoms with Gasteiger partial charge in [0.25, 0.3) is 0 Å². The number of H-pyrrole nitrogens is 1. The van der Waals surface area contributed by atoms with Crippen LogP contribution in [0.4, 0.5) is 20.5 Å². The van der Waals surface area contributed by atoms with Gasteiger partial charge in [-0.05, 0) is 13.0 Å². The van der Waals surface area contributed by atoms with Gasteiger partial charge in [-0.2, -0.15) is 20.3 Å². The molecule has 0 aliphatic rings. The van der Waals surface area contributed by atoms with Gasteiger partial charge in [-0.15, -0.1) is 5.10 Å². The zero-order valence-electron chi connectivity index (χ0n) is 12.7. The van der Waals surface area contributed by atoms with Gasteiger partial charge in [-0.1, -0.05) is 12.1 Å². The Morgan fingerprint density at radius 3 is 2.88 bits per heavy atom. The highest BCUT2D eigenvalue weighted by Gasteiger charge is 2.14. The Morgan fingerprint density at radius 1 is 1.25 bits per heavy atom. The molecule has 0 aliphatic carbocycles. The first-order valence-corrected chi connectivity index (χ1v) is 7.21. The summed E-state index contributed by atoms with van der Waals surface area (Å²) in [6, 6.07) is 3.68. The molecule has 24 heavy (non-hydrogen) atoms. The smallest absolute Gasteiger partial charge is 0.227 e. The number of hydrogen-bond donors (Lipinski definition) is 4. The van der Waals surface area contributed by atoms with Gasteiger partial charge in [0, 0.05) is 18.2 Å².